The van der Waals surface area contributed by atoms with Gasteiger partial charge in [0.25, 0.3) is 0 Å². The maximum absolute atomic E-state index is 13.6. The number of hydrogen-bond acceptors (Lipinski definition) is 3. The maximum atomic E-state index is 13.6. The molecule has 0 N–H and O–H groups in total. The molecule has 0 spiro atoms. The molecular formula is C27H21NO3. The predicted molar refractivity (Wildman–Crippen MR) is 121 cm³/mol. The second-order valence-corrected chi connectivity index (χ2v) is 7.55. The van der Waals surface area contributed by atoms with Crippen LogP contribution in [0.2, 0.25) is 0 Å². The lowest BCUT2D eigenvalue weighted by molar-refractivity contribution is -0.141. The largest absolute Gasteiger partial charge is 0.464 e. The Morgan fingerprint density at radius 2 is 1.32 bits per heavy atom. The summed E-state index contributed by atoms with van der Waals surface area (Å²) in [6.45, 7) is 2.11. The smallest absolute Gasteiger partial charge is 0.302 e. The van der Waals surface area contributed by atoms with Gasteiger partial charge in [-0.1, -0.05) is 84.9 Å². The third-order valence-electron chi connectivity index (χ3n) is 5.65. The van der Waals surface area contributed by atoms with Crippen molar-refractivity contribution in [2.75, 3.05) is 6.61 Å². The highest BCUT2D eigenvalue weighted by Crippen LogP contribution is 2.48. The van der Waals surface area contributed by atoms with Crippen LogP contribution in [0.15, 0.2) is 84.9 Å². The highest BCUT2D eigenvalue weighted by molar-refractivity contribution is 6.26. The van der Waals surface area contributed by atoms with Crippen LogP contribution in [-0.2, 0) is 16.1 Å². The first-order chi connectivity index (χ1) is 15.2. The van der Waals surface area contributed by atoms with E-state index in [0.29, 0.717) is 17.7 Å². The molecule has 0 saturated carbocycles. The van der Waals surface area contributed by atoms with E-state index < -0.39 is 0 Å². The summed E-state index contributed by atoms with van der Waals surface area (Å²) in [6, 6.07) is 27.8. The zero-order valence-corrected chi connectivity index (χ0v) is 17.2. The number of ketones is 1. The van der Waals surface area contributed by atoms with Gasteiger partial charge < -0.3 is 9.30 Å². The van der Waals surface area contributed by atoms with E-state index in [4.69, 9.17) is 4.74 Å². The third-order valence-corrected chi connectivity index (χ3v) is 5.65. The molecule has 5 rings (SSSR count). The average Bonchev–Trinajstić information content (AvgIpc) is 3.28. The van der Waals surface area contributed by atoms with Crippen LogP contribution >= 0.6 is 0 Å². The van der Waals surface area contributed by atoms with Crippen molar-refractivity contribution in [2.45, 2.75) is 13.5 Å². The monoisotopic (exact) mass is 407 g/mol. The lowest BCUT2D eigenvalue weighted by atomic mass is 9.95. The predicted octanol–water partition coefficient (Wildman–Crippen LogP) is 5.60. The number of hydrogen-bond donors (Lipinski definition) is 0. The molecule has 4 nitrogen and oxygen atoms in total. The molecule has 152 valence electrons. The normalized spacial score (nSPS) is 11.8. The number of ether oxygens (including phenoxy) is 1. The van der Waals surface area contributed by atoms with Crippen LogP contribution < -0.4 is 0 Å². The van der Waals surface area contributed by atoms with E-state index in [1.54, 1.807) is 0 Å². The van der Waals surface area contributed by atoms with Crippen LogP contribution in [0, 0.1) is 0 Å². The second-order valence-electron chi connectivity index (χ2n) is 7.55. The van der Waals surface area contributed by atoms with E-state index in [0.717, 1.165) is 33.6 Å². The molecule has 0 saturated heterocycles. The quantitative estimate of drug-likeness (QED) is 0.357. The molecule has 0 radical (unpaired) electrons. The number of fused-ring (bicyclic) bond motifs is 3. The summed E-state index contributed by atoms with van der Waals surface area (Å²) in [6.07, 6.45) is 0. The van der Waals surface area contributed by atoms with E-state index in [2.05, 4.69) is 16.7 Å². The van der Waals surface area contributed by atoms with E-state index in [1.807, 2.05) is 72.8 Å². The zero-order valence-electron chi connectivity index (χ0n) is 17.2. The molecule has 4 heteroatoms. The zero-order chi connectivity index (χ0) is 21.4. The molecule has 4 aromatic rings. The maximum Gasteiger partial charge on any atom is 0.302 e. The van der Waals surface area contributed by atoms with Gasteiger partial charge in [0, 0.05) is 23.6 Å². The van der Waals surface area contributed by atoms with Crippen molar-refractivity contribution in [1.82, 2.24) is 4.57 Å². The van der Waals surface area contributed by atoms with Crippen molar-refractivity contribution in [1.29, 1.82) is 0 Å². The summed E-state index contributed by atoms with van der Waals surface area (Å²) in [4.78, 5) is 25.0. The molecule has 1 aliphatic carbocycles. The van der Waals surface area contributed by atoms with Crippen molar-refractivity contribution >= 4 is 11.8 Å². The standard InChI is InChI=1S/C27H21NO3/c1-18(29)31-17-16-28-25(20-12-6-3-7-13-20)23(19-10-4-2-5-11-19)24-26(28)21-14-8-9-15-22(21)27(24)30/h2-15H,16-17H2,1H3. The Hall–Kier alpha value is -3.92. The lowest BCUT2D eigenvalue weighted by Gasteiger charge is -2.15. The Labute approximate surface area is 180 Å². The highest BCUT2D eigenvalue weighted by Gasteiger charge is 2.36. The van der Waals surface area contributed by atoms with Crippen LogP contribution in [0.3, 0.4) is 0 Å². The van der Waals surface area contributed by atoms with E-state index in [9.17, 15) is 9.59 Å². The first-order valence-corrected chi connectivity index (χ1v) is 10.3. The number of aromatic nitrogens is 1. The first-order valence-electron chi connectivity index (χ1n) is 10.3. The molecule has 0 unspecified atom stereocenters. The topological polar surface area (TPSA) is 48.3 Å². The molecule has 1 heterocycles. The number of rotatable bonds is 5. The average molecular weight is 407 g/mol. The van der Waals surface area contributed by atoms with Gasteiger partial charge in [-0.25, -0.2) is 0 Å². The minimum Gasteiger partial charge on any atom is -0.464 e. The van der Waals surface area contributed by atoms with Crippen molar-refractivity contribution < 1.29 is 14.3 Å². The molecule has 0 aliphatic heterocycles. The van der Waals surface area contributed by atoms with Crippen LogP contribution in [0.5, 0.6) is 0 Å². The minimum absolute atomic E-state index is 0.0351. The Bertz CT molecular complexity index is 1290. The van der Waals surface area contributed by atoms with Gasteiger partial charge in [-0.15, -0.1) is 0 Å². The van der Waals surface area contributed by atoms with Crippen molar-refractivity contribution in [2.24, 2.45) is 0 Å². The molecule has 1 aliphatic rings. The number of esters is 1. The fourth-order valence-corrected chi connectivity index (χ4v) is 4.43. The van der Waals surface area contributed by atoms with Crippen LogP contribution in [0.4, 0.5) is 0 Å². The van der Waals surface area contributed by atoms with Crippen LogP contribution in [-0.4, -0.2) is 22.9 Å². The van der Waals surface area contributed by atoms with Gasteiger partial charge in [0.05, 0.1) is 23.5 Å². The molecule has 0 bridgehead atoms. The Morgan fingerprint density at radius 3 is 1.97 bits per heavy atom. The van der Waals surface area contributed by atoms with Crippen molar-refractivity contribution in [3.05, 3.63) is 96.1 Å². The van der Waals surface area contributed by atoms with Crippen LogP contribution in [0.25, 0.3) is 33.6 Å². The van der Waals surface area contributed by atoms with E-state index >= 15 is 0 Å². The van der Waals surface area contributed by atoms with Gasteiger partial charge >= 0.3 is 5.97 Å². The second kappa shape index (κ2) is 7.73. The fourth-order valence-electron chi connectivity index (χ4n) is 4.43. The molecule has 0 amide bonds. The van der Waals surface area contributed by atoms with Gasteiger partial charge in [0.15, 0.2) is 5.78 Å². The molecular weight excluding hydrogens is 386 g/mol. The van der Waals surface area contributed by atoms with Crippen molar-refractivity contribution in [3.63, 3.8) is 0 Å². The summed E-state index contributed by atoms with van der Waals surface area (Å²) < 4.78 is 7.42. The summed E-state index contributed by atoms with van der Waals surface area (Å²) in [5.41, 5.74) is 7.14. The SMILES string of the molecule is CC(=O)OCCn1c2c(c(-c3ccccc3)c1-c1ccccc1)C(=O)c1ccccc1-2. The molecule has 0 atom stereocenters. The third kappa shape index (κ3) is 3.17. The van der Waals surface area contributed by atoms with Gasteiger partial charge in [-0.05, 0) is 11.1 Å². The summed E-state index contributed by atoms with van der Waals surface area (Å²) in [5.74, 6) is -0.280. The van der Waals surface area contributed by atoms with E-state index in [-0.39, 0.29) is 18.4 Å². The molecule has 3 aromatic carbocycles. The minimum atomic E-state index is -0.315. The number of nitrogens with zero attached hydrogens (tertiary/aromatic N) is 1. The summed E-state index contributed by atoms with van der Waals surface area (Å²) in [7, 11) is 0. The van der Waals surface area contributed by atoms with Gasteiger partial charge in [0.1, 0.15) is 6.61 Å². The van der Waals surface area contributed by atoms with Gasteiger partial charge in [0.2, 0.25) is 0 Å². The Morgan fingerprint density at radius 1 is 0.742 bits per heavy atom. The fraction of sp³-hybridized carbons (Fsp3) is 0.111. The van der Waals surface area contributed by atoms with Crippen LogP contribution in [0.1, 0.15) is 22.8 Å². The summed E-state index contributed by atoms with van der Waals surface area (Å²) >= 11 is 0. The lowest BCUT2D eigenvalue weighted by Crippen LogP contribution is -2.11. The highest BCUT2D eigenvalue weighted by atomic mass is 16.5. The summed E-state index contributed by atoms with van der Waals surface area (Å²) in [5, 5.41) is 0. The van der Waals surface area contributed by atoms with Gasteiger partial charge in [-0.3, -0.25) is 9.59 Å². The van der Waals surface area contributed by atoms with E-state index in [1.165, 1.54) is 6.92 Å². The molecule has 0 fully saturated rings. The Balaban J connectivity index is 1.84. The van der Waals surface area contributed by atoms with Crippen molar-refractivity contribution in [3.8, 4) is 33.6 Å². The first kappa shape index (κ1) is 19.1. The Kier molecular flexibility index (Phi) is 4.75. The molecule has 31 heavy (non-hydrogen) atoms. The molecule has 1 aromatic heterocycles. The number of carbonyl (C=O) groups excluding carboxylic acids is 2. The van der Waals surface area contributed by atoms with Gasteiger partial charge in [-0.2, -0.15) is 0 Å². The number of benzene rings is 3. The number of carbonyl (C=O) groups is 2.